The second kappa shape index (κ2) is 4.06. The van der Waals surface area contributed by atoms with Crippen molar-refractivity contribution >= 4 is 17.2 Å². The number of nitrogens with zero attached hydrogens (tertiary/aromatic N) is 2. The highest BCUT2D eigenvalue weighted by atomic mass is 32.1. The molecule has 1 amide bonds. The van der Waals surface area contributed by atoms with Gasteiger partial charge in [0.2, 0.25) is 0 Å². The van der Waals surface area contributed by atoms with Gasteiger partial charge in [-0.15, -0.1) is 11.3 Å². The number of likely N-dealkylation sites (tertiary alicyclic amines) is 1. The number of hydrogen-bond donors (Lipinski definition) is 1. The van der Waals surface area contributed by atoms with Crippen LogP contribution in [-0.2, 0) is 0 Å². The lowest BCUT2D eigenvalue weighted by molar-refractivity contribution is 0.0714. The average Bonchev–Trinajstić information content (AvgIpc) is 2.71. The van der Waals surface area contributed by atoms with Crippen LogP contribution >= 0.6 is 11.3 Å². The Morgan fingerprint density at radius 1 is 1.57 bits per heavy atom. The molecule has 0 saturated carbocycles. The van der Waals surface area contributed by atoms with Crippen molar-refractivity contribution in [3.63, 3.8) is 0 Å². The Morgan fingerprint density at radius 2 is 2.29 bits per heavy atom. The molecule has 2 N–H and O–H groups in total. The third-order valence-corrected chi connectivity index (χ3v) is 3.20. The highest BCUT2D eigenvalue weighted by Crippen LogP contribution is 2.13. The number of thiazole rings is 1. The number of rotatable bonds is 1. The number of amides is 1. The summed E-state index contributed by atoms with van der Waals surface area (Å²) in [4.78, 5) is 17.6. The number of nitrogens with two attached hydrogens (primary N) is 1. The molecule has 4 nitrogen and oxygen atoms in total. The molecule has 0 bridgehead atoms. The normalized spacial score (nSPS) is 18.5. The Kier molecular flexibility index (Phi) is 2.79. The Hall–Kier alpha value is -0.940. The molecule has 0 spiro atoms. The standard InChI is InChI=1S/C9H13N3OS/c10-7-1-4-12(5-2-7)9(13)8-11-3-6-14-8/h3,6-7H,1-2,4-5,10H2. The van der Waals surface area contributed by atoms with E-state index in [1.54, 1.807) is 6.20 Å². The van der Waals surface area contributed by atoms with Crippen LogP contribution in [0.15, 0.2) is 11.6 Å². The van der Waals surface area contributed by atoms with Crippen molar-refractivity contribution in [3.05, 3.63) is 16.6 Å². The van der Waals surface area contributed by atoms with Crippen LogP contribution in [0.5, 0.6) is 0 Å². The first-order chi connectivity index (χ1) is 6.77. The van der Waals surface area contributed by atoms with E-state index < -0.39 is 0 Å². The molecule has 76 valence electrons. The number of carbonyl (C=O) groups excluding carboxylic acids is 1. The van der Waals surface area contributed by atoms with E-state index >= 15 is 0 Å². The summed E-state index contributed by atoms with van der Waals surface area (Å²) in [6.07, 6.45) is 3.46. The Labute approximate surface area is 86.7 Å². The van der Waals surface area contributed by atoms with Crippen LogP contribution in [0.1, 0.15) is 22.6 Å². The minimum Gasteiger partial charge on any atom is -0.336 e. The summed E-state index contributed by atoms with van der Waals surface area (Å²) >= 11 is 1.39. The van der Waals surface area contributed by atoms with Gasteiger partial charge >= 0.3 is 0 Å². The van der Waals surface area contributed by atoms with E-state index in [4.69, 9.17) is 5.73 Å². The van der Waals surface area contributed by atoms with Crippen LogP contribution in [0.3, 0.4) is 0 Å². The molecule has 0 unspecified atom stereocenters. The second-order valence-corrected chi connectivity index (χ2v) is 4.36. The molecule has 1 aromatic heterocycles. The molecule has 1 fully saturated rings. The maximum absolute atomic E-state index is 11.8. The van der Waals surface area contributed by atoms with Crippen LogP contribution in [0.25, 0.3) is 0 Å². The van der Waals surface area contributed by atoms with Gasteiger partial charge in [-0.05, 0) is 12.8 Å². The van der Waals surface area contributed by atoms with E-state index in [2.05, 4.69) is 4.98 Å². The summed E-state index contributed by atoms with van der Waals surface area (Å²) in [5.74, 6) is 0.0481. The van der Waals surface area contributed by atoms with Crippen molar-refractivity contribution in [1.82, 2.24) is 9.88 Å². The van der Waals surface area contributed by atoms with Crippen LogP contribution in [0, 0.1) is 0 Å². The van der Waals surface area contributed by atoms with Crippen LogP contribution in [0.2, 0.25) is 0 Å². The second-order valence-electron chi connectivity index (χ2n) is 3.47. The summed E-state index contributed by atoms with van der Waals surface area (Å²) in [5.41, 5.74) is 5.76. The summed E-state index contributed by atoms with van der Waals surface area (Å²) in [5, 5.41) is 2.41. The Balaban J connectivity index is 1.99. The first-order valence-corrected chi connectivity index (χ1v) is 5.59. The summed E-state index contributed by atoms with van der Waals surface area (Å²) in [7, 11) is 0. The van der Waals surface area contributed by atoms with Crippen LogP contribution in [0.4, 0.5) is 0 Å². The number of aromatic nitrogens is 1. The molecule has 1 aliphatic heterocycles. The van der Waals surface area contributed by atoms with Gasteiger partial charge < -0.3 is 10.6 Å². The van der Waals surface area contributed by atoms with Gasteiger partial charge in [-0.1, -0.05) is 0 Å². The molecular formula is C9H13N3OS. The van der Waals surface area contributed by atoms with Gasteiger partial charge in [-0.25, -0.2) is 4.98 Å². The van der Waals surface area contributed by atoms with Gasteiger partial charge in [0.15, 0.2) is 5.01 Å². The average molecular weight is 211 g/mol. The molecule has 2 heterocycles. The largest absolute Gasteiger partial charge is 0.336 e. The van der Waals surface area contributed by atoms with Crippen molar-refractivity contribution in [3.8, 4) is 0 Å². The van der Waals surface area contributed by atoms with Crippen molar-refractivity contribution in [2.24, 2.45) is 5.73 Å². The minimum atomic E-state index is 0.0481. The van der Waals surface area contributed by atoms with Gasteiger partial charge in [-0.2, -0.15) is 0 Å². The zero-order valence-electron chi connectivity index (χ0n) is 7.85. The quantitative estimate of drug-likeness (QED) is 0.744. The van der Waals surface area contributed by atoms with E-state index in [1.165, 1.54) is 11.3 Å². The molecule has 0 aromatic carbocycles. The van der Waals surface area contributed by atoms with Crippen LogP contribution < -0.4 is 5.73 Å². The Morgan fingerprint density at radius 3 is 2.86 bits per heavy atom. The predicted molar refractivity (Wildman–Crippen MR) is 55.2 cm³/mol. The maximum atomic E-state index is 11.8. The van der Waals surface area contributed by atoms with E-state index in [9.17, 15) is 4.79 Å². The highest BCUT2D eigenvalue weighted by Gasteiger charge is 2.22. The summed E-state index contributed by atoms with van der Waals surface area (Å²) < 4.78 is 0. The third kappa shape index (κ3) is 1.93. The molecule has 1 aliphatic rings. The number of piperidine rings is 1. The molecule has 14 heavy (non-hydrogen) atoms. The van der Waals surface area contributed by atoms with E-state index in [0.29, 0.717) is 5.01 Å². The van der Waals surface area contributed by atoms with Crippen molar-refractivity contribution in [2.45, 2.75) is 18.9 Å². The monoisotopic (exact) mass is 211 g/mol. The lowest BCUT2D eigenvalue weighted by atomic mass is 10.1. The predicted octanol–water partition coefficient (Wildman–Crippen LogP) is 0.706. The lowest BCUT2D eigenvalue weighted by Gasteiger charge is -2.29. The van der Waals surface area contributed by atoms with E-state index in [-0.39, 0.29) is 11.9 Å². The van der Waals surface area contributed by atoms with Gasteiger partial charge in [-0.3, -0.25) is 4.79 Å². The van der Waals surface area contributed by atoms with E-state index in [1.807, 2.05) is 10.3 Å². The fourth-order valence-corrected chi connectivity index (χ4v) is 2.17. The van der Waals surface area contributed by atoms with Crippen LogP contribution in [-0.4, -0.2) is 34.9 Å². The SMILES string of the molecule is NC1CCN(C(=O)c2nccs2)CC1. The number of carbonyl (C=O) groups is 1. The van der Waals surface area contributed by atoms with Crippen molar-refractivity contribution in [2.75, 3.05) is 13.1 Å². The molecule has 0 aliphatic carbocycles. The number of hydrogen-bond acceptors (Lipinski definition) is 4. The van der Waals surface area contributed by atoms with E-state index in [0.717, 1.165) is 25.9 Å². The van der Waals surface area contributed by atoms with Gasteiger partial charge in [0.05, 0.1) is 0 Å². The van der Waals surface area contributed by atoms with Crippen molar-refractivity contribution < 1.29 is 4.79 Å². The zero-order chi connectivity index (χ0) is 9.97. The van der Waals surface area contributed by atoms with Gasteiger partial charge in [0, 0.05) is 30.7 Å². The topological polar surface area (TPSA) is 59.2 Å². The molecule has 0 radical (unpaired) electrons. The third-order valence-electron chi connectivity index (χ3n) is 2.44. The molecular weight excluding hydrogens is 198 g/mol. The lowest BCUT2D eigenvalue weighted by Crippen LogP contribution is -2.42. The fourth-order valence-electron chi connectivity index (χ4n) is 1.57. The van der Waals surface area contributed by atoms with Crippen molar-refractivity contribution in [1.29, 1.82) is 0 Å². The van der Waals surface area contributed by atoms with Gasteiger partial charge in [0.1, 0.15) is 0 Å². The minimum absolute atomic E-state index is 0.0481. The van der Waals surface area contributed by atoms with Gasteiger partial charge in [0.25, 0.3) is 5.91 Å². The molecule has 5 heteroatoms. The zero-order valence-corrected chi connectivity index (χ0v) is 8.67. The molecule has 0 atom stereocenters. The fraction of sp³-hybridized carbons (Fsp3) is 0.556. The molecule has 2 rings (SSSR count). The first kappa shape index (κ1) is 9.61. The molecule has 1 aromatic rings. The highest BCUT2D eigenvalue weighted by molar-refractivity contribution is 7.11. The summed E-state index contributed by atoms with van der Waals surface area (Å²) in [6.45, 7) is 1.53. The maximum Gasteiger partial charge on any atom is 0.282 e. The smallest absolute Gasteiger partial charge is 0.282 e. The Bertz CT molecular complexity index is 304. The first-order valence-electron chi connectivity index (χ1n) is 4.71. The summed E-state index contributed by atoms with van der Waals surface area (Å²) in [6, 6.07) is 0.260. The molecule has 1 saturated heterocycles.